The maximum Gasteiger partial charge on any atom is 0.472 e. The molecule has 0 aromatic rings. The van der Waals surface area contributed by atoms with E-state index in [1.165, 1.54) is 154 Å². The molecule has 0 fully saturated rings. The van der Waals surface area contributed by atoms with E-state index in [2.05, 4.69) is 48.5 Å². The van der Waals surface area contributed by atoms with E-state index in [1.807, 2.05) is 0 Å². The Kier molecular flexibility index (Phi) is 59.6. The summed E-state index contributed by atoms with van der Waals surface area (Å²) in [4.78, 5) is 72.5. The molecule has 528 valence electrons. The minimum atomic E-state index is -4.95. The highest BCUT2D eigenvalue weighted by Gasteiger charge is 2.30. The number of hydrogen-bond donors (Lipinski definition) is 3. The smallest absolute Gasteiger partial charge is 0.462 e. The van der Waals surface area contributed by atoms with Gasteiger partial charge in [-0.2, -0.15) is 0 Å². The molecular weight excluding hydrogens is 1170 g/mol. The van der Waals surface area contributed by atoms with Crippen LogP contribution in [0.15, 0.2) is 0 Å². The van der Waals surface area contributed by atoms with Crippen LogP contribution in [0, 0.1) is 17.8 Å². The van der Waals surface area contributed by atoms with Crippen molar-refractivity contribution < 1.29 is 80.2 Å². The number of rotatable bonds is 68. The van der Waals surface area contributed by atoms with Gasteiger partial charge in [0.15, 0.2) is 12.2 Å². The molecule has 6 atom stereocenters. The molecule has 0 rings (SSSR count). The Morgan fingerprint density at radius 2 is 0.573 bits per heavy atom. The maximum absolute atomic E-state index is 13.0. The number of aliphatic hydroxyl groups is 1. The summed E-state index contributed by atoms with van der Waals surface area (Å²) in [5.41, 5.74) is 0. The lowest BCUT2D eigenvalue weighted by molar-refractivity contribution is -0.161. The number of phosphoric ester groups is 2. The van der Waals surface area contributed by atoms with Crippen molar-refractivity contribution in [2.24, 2.45) is 17.8 Å². The Hall–Kier alpha value is -1.94. The van der Waals surface area contributed by atoms with Crippen LogP contribution in [0.1, 0.15) is 350 Å². The van der Waals surface area contributed by atoms with E-state index in [1.54, 1.807) is 0 Å². The maximum atomic E-state index is 13.0. The summed E-state index contributed by atoms with van der Waals surface area (Å²) in [6.07, 6.45) is 44.4. The van der Waals surface area contributed by atoms with Gasteiger partial charge in [-0.05, 0) is 43.4 Å². The molecule has 17 nitrogen and oxygen atoms in total. The van der Waals surface area contributed by atoms with Crippen LogP contribution in [0.5, 0.6) is 0 Å². The van der Waals surface area contributed by atoms with Crippen LogP contribution >= 0.6 is 15.6 Å². The zero-order chi connectivity index (χ0) is 65.9. The number of hydrogen-bond acceptors (Lipinski definition) is 15. The topological polar surface area (TPSA) is 237 Å². The summed E-state index contributed by atoms with van der Waals surface area (Å²) < 4.78 is 68.3. The fourth-order valence-electron chi connectivity index (χ4n) is 10.5. The summed E-state index contributed by atoms with van der Waals surface area (Å²) in [6.45, 7) is 11.8. The largest absolute Gasteiger partial charge is 0.472 e. The molecule has 0 amide bonds. The fourth-order valence-corrected chi connectivity index (χ4v) is 12.1. The van der Waals surface area contributed by atoms with Gasteiger partial charge in [0.1, 0.15) is 19.3 Å². The SMILES string of the molecule is CCCCCCCCCCCCCCC(=O)O[C@H](COC(=O)CCCCCCCCC(C)CC)COP(=O)(O)OC[C@H](O)COP(=O)(O)OC[C@@H](COC(=O)CCCCCCCCCCCC(C)C)OC(=O)CCCCCCCCCCCCCCC(C)C. The second-order valence-corrected chi connectivity index (χ2v) is 29.4. The Balaban J connectivity index is 5.26. The predicted octanol–water partition coefficient (Wildman–Crippen LogP) is 19.8. The molecule has 0 saturated heterocycles. The minimum Gasteiger partial charge on any atom is -0.462 e. The first-order valence-corrected chi connectivity index (χ1v) is 39.4. The minimum absolute atomic E-state index is 0.106. The zero-order valence-electron chi connectivity index (χ0n) is 57.9. The van der Waals surface area contributed by atoms with Crippen molar-refractivity contribution in [3.63, 3.8) is 0 Å². The third-order valence-electron chi connectivity index (χ3n) is 16.5. The number of aliphatic hydroxyl groups excluding tert-OH is 1. The molecule has 3 N–H and O–H groups in total. The molecule has 0 aromatic carbocycles. The summed E-state index contributed by atoms with van der Waals surface area (Å²) >= 11 is 0. The second-order valence-electron chi connectivity index (χ2n) is 26.5. The first-order chi connectivity index (χ1) is 42.8. The van der Waals surface area contributed by atoms with Crippen LogP contribution in [-0.4, -0.2) is 96.7 Å². The monoisotopic (exact) mass is 1310 g/mol. The van der Waals surface area contributed by atoms with Crippen molar-refractivity contribution in [3.8, 4) is 0 Å². The van der Waals surface area contributed by atoms with E-state index < -0.39 is 97.5 Å². The first-order valence-electron chi connectivity index (χ1n) is 36.4. The Morgan fingerprint density at radius 1 is 0.326 bits per heavy atom. The van der Waals surface area contributed by atoms with Crippen molar-refractivity contribution in [1.29, 1.82) is 0 Å². The van der Waals surface area contributed by atoms with Gasteiger partial charge < -0.3 is 33.8 Å². The van der Waals surface area contributed by atoms with Crippen LogP contribution in [0.2, 0.25) is 0 Å². The first kappa shape index (κ1) is 87.1. The molecule has 0 bridgehead atoms. The summed E-state index contributed by atoms with van der Waals surface area (Å²) in [6, 6.07) is 0. The van der Waals surface area contributed by atoms with Gasteiger partial charge in [-0.3, -0.25) is 37.3 Å². The van der Waals surface area contributed by atoms with Crippen LogP contribution in [0.25, 0.3) is 0 Å². The highest BCUT2D eigenvalue weighted by Crippen LogP contribution is 2.45. The molecule has 0 saturated carbocycles. The lowest BCUT2D eigenvalue weighted by atomic mass is 10.00. The quantitative estimate of drug-likeness (QED) is 0.0222. The van der Waals surface area contributed by atoms with Crippen LogP contribution < -0.4 is 0 Å². The lowest BCUT2D eigenvalue weighted by Crippen LogP contribution is -2.30. The average Bonchev–Trinajstić information content (AvgIpc) is 3.71. The summed E-state index contributed by atoms with van der Waals surface area (Å²) in [5, 5.41) is 10.6. The van der Waals surface area contributed by atoms with Crippen molar-refractivity contribution in [2.45, 2.75) is 369 Å². The molecule has 0 radical (unpaired) electrons. The third kappa shape index (κ3) is 63.2. The average molecular weight is 1310 g/mol. The van der Waals surface area contributed by atoms with Gasteiger partial charge >= 0.3 is 39.5 Å². The number of unbranched alkanes of at least 4 members (excludes halogenated alkanes) is 35. The molecule has 19 heteroatoms. The molecule has 0 spiro atoms. The van der Waals surface area contributed by atoms with E-state index >= 15 is 0 Å². The summed E-state index contributed by atoms with van der Waals surface area (Å²) in [7, 11) is -9.90. The fraction of sp³-hybridized carbons (Fsp3) is 0.943. The van der Waals surface area contributed by atoms with Crippen LogP contribution in [0.3, 0.4) is 0 Å². The van der Waals surface area contributed by atoms with E-state index in [0.29, 0.717) is 25.7 Å². The molecule has 0 aliphatic rings. The second kappa shape index (κ2) is 61.0. The molecule has 89 heavy (non-hydrogen) atoms. The number of esters is 4. The van der Waals surface area contributed by atoms with Crippen molar-refractivity contribution in [1.82, 2.24) is 0 Å². The van der Waals surface area contributed by atoms with Crippen LogP contribution in [-0.2, 0) is 65.4 Å². The molecule has 3 unspecified atom stereocenters. The highest BCUT2D eigenvalue weighted by atomic mass is 31.2. The van der Waals surface area contributed by atoms with Crippen molar-refractivity contribution in [2.75, 3.05) is 39.6 Å². The van der Waals surface area contributed by atoms with Gasteiger partial charge in [0, 0.05) is 25.7 Å². The van der Waals surface area contributed by atoms with Gasteiger partial charge in [0.25, 0.3) is 0 Å². The van der Waals surface area contributed by atoms with E-state index in [0.717, 1.165) is 114 Å². The number of carbonyl (C=O) groups is 4. The van der Waals surface area contributed by atoms with Crippen LogP contribution in [0.4, 0.5) is 0 Å². The third-order valence-corrected chi connectivity index (χ3v) is 18.4. The van der Waals surface area contributed by atoms with Gasteiger partial charge in [0.05, 0.1) is 26.4 Å². The van der Waals surface area contributed by atoms with E-state index in [4.69, 9.17) is 37.0 Å². The molecule has 0 aliphatic carbocycles. The molecule has 0 aliphatic heterocycles. The van der Waals surface area contributed by atoms with E-state index in [9.17, 15) is 43.2 Å². The lowest BCUT2D eigenvalue weighted by Gasteiger charge is -2.21. The molecular formula is C70H136O17P2. The van der Waals surface area contributed by atoms with Gasteiger partial charge in [-0.25, -0.2) is 9.13 Å². The number of phosphoric acid groups is 2. The molecule has 0 heterocycles. The van der Waals surface area contributed by atoms with Crippen molar-refractivity contribution >= 4 is 39.5 Å². The molecule has 0 aromatic heterocycles. The number of ether oxygens (including phenoxy) is 4. The Morgan fingerprint density at radius 3 is 0.854 bits per heavy atom. The van der Waals surface area contributed by atoms with Gasteiger partial charge in [0.2, 0.25) is 0 Å². The van der Waals surface area contributed by atoms with E-state index in [-0.39, 0.29) is 25.7 Å². The van der Waals surface area contributed by atoms with Gasteiger partial charge in [-0.1, -0.05) is 299 Å². The normalized spacial score (nSPS) is 14.5. The summed E-state index contributed by atoms with van der Waals surface area (Å²) in [5.74, 6) is 0.125. The Labute approximate surface area is 543 Å². The predicted molar refractivity (Wildman–Crippen MR) is 358 cm³/mol. The standard InChI is InChI=1S/C70H136O17P2/c1-8-10-11-12-13-14-15-19-24-30-39-46-53-69(74)87-66(58-81-68(73)52-45-38-33-32-36-43-50-63(7)9-2)60-85-89(78,79)83-56-64(71)55-82-88(76,77)84-59-65(57-80-67(72)51-44-37-29-26-21-23-28-35-42-49-62(5)6)86-70(75)54-47-40-31-25-20-17-16-18-22-27-34-41-48-61(3)4/h61-66,71H,8-60H2,1-7H3,(H,76,77)(H,78,79)/t63?,64-,65-,66-/m1/s1. The Bertz CT molecular complexity index is 1750. The highest BCUT2D eigenvalue weighted by molar-refractivity contribution is 7.47. The number of carbonyl (C=O) groups excluding carboxylic acids is 4. The zero-order valence-corrected chi connectivity index (χ0v) is 59.7. The van der Waals surface area contributed by atoms with Crippen molar-refractivity contribution in [3.05, 3.63) is 0 Å². The van der Waals surface area contributed by atoms with Gasteiger partial charge in [-0.15, -0.1) is 0 Å².